The zero-order chi connectivity index (χ0) is 14.3. The number of hydrogen-bond donors (Lipinski definition) is 1. The Labute approximate surface area is 112 Å². The second-order valence-corrected chi connectivity index (χ2v) is 4.53. The number of rotatable bonds is 7. The maximum absolute atomic E-state index is 10.9. The molecule has 6 heteroatoms. The van der Waals surface area contributed by atoms with Gasteiger partial charge in [0.05, 0.1) is 4.92 Å². The molecule has 1 aromatic carbocycles. The van der Waals surface area contributed by atoms with E-state index in [1.165, 1.54) is 12.1 Å². The normalized spacial score (nSPS) is 10.2. The largest absolute Gasteiger partial charge is 0.472 e. The maximum atomic E-state index is 10.9. The van der Waals surface area contributed by atoms with Crippen molar-refractivity contribution in [2.45, 2.75) is 20.4 Å². The third kappa shape index (κ3) is 4.94. The number of hydrogen-bond acceptors (Lipinski definition) is 5. The topological polar surface area (TPSA) is 88.2 Å². The van der Waals surface area contributed by atoms with E-state index in [9.17, 15) is 10.1 Å². The Morgan fingerprint density at radius 2 is 2.26 bits per heavy atom. The van der Waals surface area contributed by atoms with Crippen LogP contribution in [0.1, 0.15) is 19.4 Å². The van der Waals surface area contributed by atoms with Gasteiger partial charge in [0, 0.05) is 12.6 Å². The summed E-state index contributed by atoms with van der Waals surface area (Å²) in [6.07, 6.45) is 0. The van der Waals surface area contributed by atoms with Crippen LogP contribution in [0.2, 0.25) is 0 Å². The first-order valence-electron chi connectivity index (χ1n) is 6.02. The van der Waals surface area contributed by atoms with Gasteiger partial charge in [-0.15, -0.1) is 0 Å². The molecule has 0 bridgehead atoms. The number of nitro benzene ring substituents is 1. The highest BCUT2D eigenvalue weighted by atomic mass is 16.6. The predicted octanol–water partition coefficient (Wildman–Crippen LogP) is 2.24. The van der Waals surface area contributed by atoms with Crippen molar-refractivity contribution in [1.82, 2.24) is 5.32 Å². The van der Waals surface area contributed by atoms with Crippen molar-refractivity contribution in [3.63, 3.8) is 0 Å². The van der Waals surface area contributed by atoms with E-state index in [2.05, 4.69) is 19.2 Å². The molecule has 6 nitrogen and oxygen atoms in total. The second kappa shape index (κ2) is 7.34. The van der Waals surface area contributed by atoms with Crippen molar-refractivity contribution >= 4 is 5.69 Å². The highest BCUT2D eigenvalue weighted by molar-refractivity contribution is 5.48. The van der Waals surface area contributed by atoms with Crippen LogP contribution in [0.25, 0.3) is 0 Å². The molecule has 1 aromatic rings. The molecule has 1 rings (SSSR count). The van der Waals surface area contributed by atoms with Gasteiger partial charge in [-0.05, 0) is 24.1 Å². The van der Waals surface area contributed by atoms with Gasteiger partial charge in [-0.25, -0.2) is 0 Å². The highest BCUT2D eigenvalue weighted by Crippen LogP contribution is 2.27. The molecule has 0 unspecified atom stereocenters. The lowest BCUT2D eigenvalue weighted by Gasteiger charge is -2.08. The molecule has 102 valence electrons. The SMILES string of the molecule is CC(C)CNCc1ccc(OCC#N)c([N+](=O)[O-])c1. The highest BCUT2D eigenvalue weighted by Gasteiger charge is 2.15. The molecule has 0 radical (unpaired) electrons. The first-order valence-corrected chi connectivity index (χ1v) is 6.02. The summed E-state index contributed by atoms with van der Waals surface area (Å²) in [5.41, 5.74) is 0.704. The van der Waals surface area contributed by atoms with Crippen LogP contribution < -0.4 is 10.1 Å². The van der Waals surface area contributed by atoms with Crippen LogP contribution in [0.3, 0.4) is 0 Å². The van der Waals surface area contributed by atoms with E-state index in [1.54, 1.807) is 12.1 Å². The van der Waals surface area contributed by atoms with Gasteiger partial charge < -0.3 is 10.1 Å². The van der Waals surface area contributed by atoms with E-state index in [4.69, 9.17) is 10.00 Å². The van der Waals surface area contributed by atoms with Crippen molar-refractivity contribution in [2.24, 2.45) is 5.92 Å². The number of nitro groups is 1. The van der Waals surface area contributed by atoms with Crippen molar-refractivity contribution in [2.75, 3.05) is 13.2 Å². The van der Waals surface area contributed by atoms with Gasteiger partial charge in [-0.2, -0.15) is 5.26 Å². The first-order chi connectivity index (χ1) is 9.04. The third-order valence-corrected chi connectivity index (χ3v) is 2.39. The second-order valence-electron chi connectivity index (χ2n) is 4.53. The van der Waals surface area contributed by atoms with Crippen LogP contribution in [0.4, 0.5) is 5.69 Å². The van der Waals surface area contributed by atoms with Crippen LogP contribution in [0.15, 0.2) is 18.2 Å². The van der Waals surface area contributed by atoms with Crippen LogP contribution in [-0.2, 0) is 6.54 Å². The van der Waals surface area contributed by atoms with Crippen molar-refractivity contribution < 1.29 is 9.66 Å². The number of ether oxygens (including phenoxy) is 1. The Bertz CT molecular complexity index is 481. The zero-order valence-electron chi connectivity index (χ0n) is 11.0. The molecule has 0 amide bonds. The molecule has 0 aliphatic carbocycles. The standard InChI is InChI=1S/C13H17N3O3/c1-10(2)8-15-9-11-3-4-13(19-6-5-14)12(7-11)16(17)18/h3-4,7,10,15H,6,8-9H2,1-2H3. The molecule has 0 saturated carbocycles. The number of nitrogens with one attached hydrogen (secondary N) is 1. The fourth-order valence-corrected chi connectivity index (χ4v) is 1.55. The fraction of sp³-hybridized carbons (Fsp3) is 0.462. The van der Waals surface area contributed by atoms with Crippen molar-refractivity contribution in [3.8, 4) is 11.8 Å². The van der Waals surface area contributed by atoms with Crippen LogP contribution in [0, 0.1) is 27.4 Å². The Morgan fingerprint density at radius 1 is 1.53 bits per heavy atom. The van der Waals surface area contributed by atoms with E-state index < -0.39 is 4.92 Å². The fourth-order valence-electron chi connectivity index (χ4n) is 1.55. The van der Waals surface area contributed by atoms with Gasteiger partial charge >= 0.3 is 5.69 Å². The Balaban J connectivity index is 2.78. The van der Waals surface area contributed by atoms with Gasteiger partial charge in [0.25, 0.3) is 0 Å². The average molecular weight is 263 g/mol. The minimum atomic E-state index is -0.501. The summed E-state index contributed by atoms with van der Waals surface area (Å²) in [6.45, 7) is 5.40. The Kier molecular flexibility index (Phi) is 5.76. The summed E-state index contributed by atoms with van der Waals surface area (Å²) < 4.78 is 5.02. The lowest BCUT2D eigenvalue weighted by molar-refractivity contribution is -0.385. The average Bonchev–Trinajstić information content (AvgIpc) is 2.36. The van der Waals surface area contributed by atoms with Gasteiger partial charge in [0.2, 0.25) is 0 Å². The van der Waals surface area contributed by atoms with E-state index in [0.717, 1.165) is 12.1 Å². The van der Waals surface area contributed by atoms with E-state index in [0.29, 0.717) is 12.5 Å². The van der Waals surface area contributed by atoms with Crippen LogP contribution >= 0.6 is 0 Å². The van der Waals surface area contributed by atoms with Gasteiger partial charge in [0.15, 0.2) is 12.4 Å². The lowest BCUT2D eigenvalue weighted by atomic mass is 10.1. The molecule has 0 aromatic heterocycles. The molecular weight excluding hydrogens is 246 g/mol. The Hall–Kier alpha value is -2.13. The van der Waals surface area contributed by atoms with Crippen molar-refractivity contribution in [1.29, 1.82) is 5.26 Å². The molecule has 0 heterocycles. The lowest BCUT2D eigenvalue weighted by Crippen LogP contribution is -2.19. The van der Waals surface area contributed by atoms with Crippen molar-refractivity contribution in [3.05, 3.63) is 33.9 Å². The van der Waals surface area contributed by atoms with E-state index in [-0.39, 0.29) is 18.0 Å². The summed E-state index contributed by atoms with van der Waals surface area (Å²) in [6, 6.07) is 6.55. The minimum Gasteiger partial charge on any atom is -0.472 e. The Morgan fingerprint density at radius 3 is 2.84 bits per heavy atom. The molecule has 0 fully saturated rings. The monoisotopic (exact) mass is 263 g/mol. The maximum Gasteiger partial charge on any atom is 0.311 e. The number of nitrogens with zero attached hydrogens (tertiary/aromatic N) is 2. The minimum absolute atomic E-state index is 0.112. The molecule has 1 N–H and O–H groups in total. The molecule has 0 atom stereocenters. The molecule has 0 aliphatic rings. The smallest absolute Gasteiger partial charge is 0.311 e. The predicted molar refractivity (Wildman–Crippen MR) is 70.7 cm³/mol. The zero-order valence-corrected chi connectivity index (χ0v) is 11.0. The summed E-state index contributed by atoms with van der Waals surface area (Å²) in [5, 5.41) is 22.6. The number of nitriles is 1. The number of benzene rings is 1. The molecule has 0 saturated heterocycles. The summed E-state index contributed by atoms with van der Waals surface area (Å²) in [4.78, 5) is 10.4. The van der Waals surface area contributed by atoms with Crippen LogP contribution in [-0.4, -0.2) is 18.1 Å². The molecule has 0 aliphatic heterocycles. The third-order valence-electron chi connectivity index (χ3n) is 2.39. The van der Waals surface area contributed by atoms with Gasteiger partial charge in [-0.1, -0.05) is 19.9 Å². The summed E-state index contributed by atoms with van der Waals surface area (Å²) >= 11 is 0. The first kappa shape index (κ1) is 14.9. The summed E-state index contributed by atoms with van der Waals surface area (Å²) in [7, 11) is 0. The van der Waals surface area contributed by atoms with Crippen LogP contribution in [0.5, 0.6) is 5.75 Å². The molecular formula is C13H17N3O3. The quantitative estimate of drug-likeness (QED) is 0.602. The van der Waals surface area contributed by atoms with E-state index in [1.807, 2.05) is 0 Å². The van der Waals surface area contributed by atoms with Gasteiger partial charge in [-0.3, -0.25) is 10.1 Å². The molecule has 0 spiro atoms. The van der Waals surface area contributed by atoms with Gasteiger partial charge in [0.1, 0.15) is 6.07 Å². The summed E-state index contributed by atoms with van der Waals surface area (Å²) in [5.74, 6) is 0.646. The van der Waals surface area contributed by atoms with E-state index >= 15 is 0 Å². The molecule has 19 heavy (non-hydrogen) atoms.